The van der Waals surface area contributed by atoms with E-state index in [9.17, 15) is 9.59 Å². The highest BCUT2D eigenvalue weighted by molar-refractivity contribution is 7.13. The average molecular weight is 357 g/mol. The van der Waals surface area contributed by atoms with Gasteiger partial charge in [0.05, 0.1) is 11.4 Å². The molecule has 0 fully saturated rings. The maximum atomic E-state index is 11.9. The first-order valence-corrected chi connectivity index (χ1v) is 9.10. The first kappa shape index (κ1) is 16.4. The zero-order valence-corrected chi connectivity index (χ0v) is 14.3. The molecule has 1 amide bonds. The summed E-state index contributed by atoms with van der Waals surface area (Å²) in [5.41, 5.74) is 0.576. The molecule has 0 saturated carbocycles. The number of thiophene rings is 2. The summed E-state index contributed by atoms with van der Waals surface area (Å²) < 4.78 is 1.37. The smallest absolute Gasteiger partial charge is 0.266 e. The van der Waals surface area contributed by atoms with Crippen LogP contribution in [0, 0.1) is 0 Å². The van der Waals surface area contributed by atoms with Crippen molar-refractivity contribution in [3.8, 4) is 10.6 Å². The highest BCUT2D eigenvalue weighted by Crippen LogP contribution is 2.20. The van der Waals surface area contributed by atoms with Crippen LogP contribution < -0.4 is 10.9 Å². The fourth-order valence-electron chi connectivity index (χ4n) is 2.05. The number of carbonyl (C=O) groups excluding carboxylic acids is 1. The van der Waals surface area contributed by atoms with Crippen LogP contribution >= 0.6 is 22.7 Å². The first-order chi connectivity index (χ1) is 11.7. The van der Waals surface area contributed by atoms with Crippen LogP contribution in [0.4, 0.5) is 0 Å². The summed E-state index contributed by atoms with van der Waals surface area (Å²) in [6.07, 6.45) is 3.26. The molecule has 3 aromatic heterocycles. The molecule has 5 nitrogen and oxygen atoms in total. The summed E-state index contributed by atoms with van der Waals surface area (Å²) >= 11 is 3.14. The highest BCUT2D eigenvalue weighted by atomic mass is 32.1. The summed E-state index contributed by atoms with van der Waals surface area (Å²) in [5, 5.41) is 11.0. The second-order valence-electron chi connectivity index (χ2n) is 4.90. The van der Waals surface area contributed by atoms with Crippen LogP contribution in [0.25, 0.3) is 16.6 Å². The van der Waals surface area contributed by atoms with Crippen LogP contribution in [0.2, 0.25) is 0 Å². The predicted octanol–water partition coefficient (Wildman–Crippen LogP) is 2.86. The van der Waals surface area contributed by atoms with Crippen molar-refractivity contribution >= 4 is 34.7 Å². The van der Waals surface area contributed by atoms with Gasteiger partial charge in [-0.3, -0.25) is 9.59 Å². The summed E-state index contributed by atoms with van der Waals surface area (Å²) in [7, 11) is 0. The molecule has 1 N–H and O–H groups in total. The third kappa shape index (κ3) is 4.27. The van der Waals surface area contributed by atoms with Gasteiger partial charge in [-0.2, -0.15) is 5.10 Å². The van der Waals surface area contributed by atoms with Crippen molar-refractivity contribution in [2.45, 2.75) is 6.54 Å². The quantitative estimate of drug-likeness (QED) is 0.690. The fraction of sp³-hybridized carbons (Fsp3) is 0.118. The molecule has 0 radical (unpaired) electrons. The number of nitrogens with zero attached hydrogens (tertiary/aromatic N) is 2. The van der Waals surface area contributed by atoms with E-state index in [1.54, 1.807) is 34.8 Å². The molecule has 7 heteroatoms. The molecule has 0 bridgehead atoms. The van der Waals surface area contributed by atoms with Crippen molar-refractivity contribution in [1.82, 2.24) is 15.1 Å². The molecule has 0 atom stereocenters. The van der Waals surface area contributed by atoms with E-state index < -0.39 is 0 Å². The van der Waals surface area contributed by atoms with Crippen LogP contribution in [-0.2, 0) is 11.3 Å². The average Bonchev–Trinajstić information content (AvgIpc) is 3.28. The van der Waals surface area contributed by atoms with Gasteiger partial charge in [0.1, 0.15) is 5.69 Å². The van der Waals surface area contributed by atoms with Gasteiger partial charge in [-0.25, -0.2) is 4.68 Å². The molecule has 0 aliphatic rings. The molecule has 0 saturated heterocycles. The summed E-state index contributed by atoms with van der Waals surface area (Å²) in [4.78, 5) is 25.7. The molecule has 0 unspecified atom stereocenters. The number of rotatable bonds is 6. The van der Waals surface area contributed by atoms with Gasteiger partial charge in [0.15, 0.2) is 0 Å². The first-order valence-electron chi connectivity index (χ1n) is 7.34. The highest BCUT2D eigenvalue weighted by Gasteiger charge is 2.04. The van der Waals surface area contributed by atoms with Gasteiger partial charge in [-0.1, -0.05) is 12.1 Å². The minimum Gasteiger partial charge on any atom is -0.351 e. The minimum atomic E-state index is -0.189. The van der Waals surface area contributed by atoms with E-state index in [2.05, 4.69) is 10.4 Å². The van der Waals surface area contributed by atoms with Gasteiger partial charge in [-0.15, -0.1) is 22.7 Å². The largest absolute Gasteiger partial charge is 0.351 e. The molecule has 24 heavy (non-hydrogen) atoms. The molecule has 3 heterocycles. The third-order valence-electron chi connectivity index (χ3n) is 3.21. The number of aromatic nitrogens is 2. The Balaban J connectivity index is 1.57. The monoisotopic (exact) mass is 357 g/mol. The van der Waals surface area contributed by atoms with Gasteiger partial charge in [0, 0.05) is 23.6 Å². The van der Waals surface area contributed by atoms with Crippen LogP contribution in [0.15, 0.2) is 58.0 Å². The Hall–Kier alpha value is -2.51. The molecule has 0 aliphatic carbocycles. The minimum absolute atomic E-state index is 0.182. The molecule has 0 aliphatic heterocycles. The number of nitrogens with one attached hydrogen (secondary N) is 1. The number of hydrogen-bond donors (Lipinski definition) is 1. The molecule has 3 rings (SSSR count). The molecular weight excluding hydrogens is 342 g/mol. The summed E-state index contributed by atoms with van der Waals surface area (Å²) in [6, 6.07) is 11.0. The van der Waals surface area contributed by atoms with E-state index in [1.165, 1.54) is 16.8 Å². The van der Waals surface area contributed by atoms with E-state index >= 15 is 0 Å². The molecule has 122 valence electrons. The van der Waals surface area contributed by atoms with E-state index in [-0.39, 0.29) is 11.5 Å². The lowest BCUT2D eigenvalue weighted by atomic mass is 10.3. The molecular formula is C17H15N3O2S2. The second kappa shape index (κ2) is 7.85. The molecule has 0 aromatic carbocycles. The molecule has 3 aromatic rings. The normalized spacial score (nSPS) is 11.0. The van der Waals surface area contributed by atoms with E-state index in [0.29, 0.717) is 13.1 Å². The van der Waals surface area contributed by atoms with Crippen LogP contribution in [0.3, 0.4) is 0 Å². The number of carbonyl (C=O) groups is 1. The Kier molecular flexibility index (Phi) is 5.35. The Labute approximate surface area is 146 Å². The lowest BCUT2D eigenvalue weighted by molar-refractivity contribution is -0.116. The maximum Gasteiger partial charge on any atom is 0.266 e. The van der Waals surface area contributed by atoms with E-state index in [1.807, 2.05) is 35.0 Å². The SMILES string of the molecule is O=C(/C=C/c1cccs1)NCCn1nc(-c2cccs2)ccc1=O. The number of amides is 1. The maximum absolute atomic E-state index is 11.9. The van der Waals surface area contributed by atoms with Crippen molar-refractivity contribution in [2.75, 3.05) is 6.54 Å². The fourth-order valence-corrected chi connectivity index (χ4v) is 3.36. The van der Waals surface area contributed by atoms with Gasteiger partial charge in [0.2, 0.25) is 5.91 Å². The lowest BCUT2D eigenvalue weighted by Crippen LogP contribution is -2.31. The Bertz CT molecular complexity index is 881. The Morgan fingerprint density at radius 1 is 1.17 bits per heavy atom. The van der Waals surface area contributed by atoms with Gasteiger partial charge in [-0.05, 0) is 35.0 Å². The third-order valence-corrected chi connectivity index (χ3v) is 4.94. The van der Waals surface area contributed by atoms with Crippen molar-refractivity contribution in [3.05, 3.63) is 68.5 Å². The van der Waals surface area contributed by atoms with Crippen LogP contribution in [0.1, 0.15) is 4.88 Å². The number of hydrogen-bond acceptors (Lipinski definition) is 5. The zero-order valence-electron chi connectivity index (χ0n) is 12.7. The summed E-state index contributed by atoms with van der Waals surface area (Å²) in [6.45, 7) is 0.672. The van der Waals surface area contributed by atoms with Crippen molar-refractivity contribution in [1.29, 1.82) is 0 Å². The molecule has 0 spiro atoms. The lowest BCUT2D eigenvalue weighted by Gasteiger charge is -2.06. The Morgan fingerprint density at radius 3 is 2.75 bits per heavy atom. The van der Waals surface area contributed by atoms with Crippen molar-refractivity contribution in [3.63, 3.8) is 0 Å². The Morgan fingerprint density at radius 2 is 2.00 bits per heavy atom. The zero-order chi connectivity index (χ0) is 16.8. The standard InChI is InChI=1S/C17H15N3O2S2/c21-16(7-5-13-3-1-11-23-13)18-9-10-20-17(22)8-6-14(19-20)15-4-2-12-24-15/h1-8,11-12H,9-10H2,(H,18,21)/b7-5+. The topological polar surface area (TPSA) is 64.0 Å². The van der Waals surface area contributed by atoms with Crippen LogP contribution in [0.5, 0.6) is 0 Å². The predicted molar refractivity (Wildman–Crippen MR) is 98.2 cm³/mol. The van der Waals surface area contributed by atoms with Gasteiger partial charge < -0.3 is 5.32 Å². The van der Waals surface area contributed by atoms with Crippen molar-refractivity contribution in [2.24, 2.45) is 0 Å². The van der Waals surface area contributed by atoms with E-state index in [4.69, 9.17) is 0 Å². The van der Waals surface area contributed by atoms with Gasteiger partial charge >= 0.3 is 0 Å². The van der Waals surface area contributed by atoms with Crippen LogP contribution in [-0.4, -0.2) is 22.2 Å². The van der Waals surface area contributed by atoms with Crippen molar-refractivity contribution < 1.29 is 4.79 Å². The summed E-state index contributed by atoms with van der Waals surface area (Å²) in [5.74, 6) is -0.189. The second-order valence-corrected chi connectivity index (χ2v) is 6.82. The van der Waals surface area contributed by atoms with E-state index in [0.717, 1.165) is 15.4 Å². The van der Waals surface area contributed by atoms with Gasteiger partial charge in [0.25, 0.3) is 5.56 Å².